The number of likely N-dealkylation sites (tertiary alicyclic amines) is 1. The predicted octanol–water partition coefficient (Wildman–Crippen LogP) is 2.09. The van der Waals surface area contributed by atoms with E-state index >= 15 is 0 Å². The lowest BCUT2D eigenvalue weighted by molar-refractivity contribution is 0.107. The summed E-state index contributed by atoms with van der Waals surface area (Å²) in [5, 5.41) is 0.288. The third-order valence-electron chi connectivity index (χ3n) is 2.42. The number of thiol groups is 1. The van der Waals surface area contributed by atoms with Gasteiger partial charge in [-0.2, -0.15) is 12.6 Å². The second kappa shape index (κ2) is 5.29. The highest BCUT2D eigenvalue weighted by Crippen LogP contribution is 2.24. The van der Waals surface area contributed by atoms with Crippen molar-refractivity contribution in [3.05, 3.63) is 12.7 Å². The Morgan fingerprint density at radius 3 is 3.07 bits per heavy atom. The molecule has 1 saturated heterocycles. The average Bonchev–Trinajstić information content (AvgIpc) is 2.56. The van der Waals surface area contributed by atoms with Gasteiger partial charge in [0.05, 0.1) is 0 Å². The van der Waals surface area contributed by atoms with E-state index in [-0.39, 0.29) is 24.0 Å². The van der Waals surface area contributed by atoms with Gasteiger partial charge in [-0.3, -0.25) is 0 Å². The molecule has 2 atom stereocenters. The van der Waals surface area contributed by atoms with Crippen LogP contribution in [-0.2, 0) is 4.74 Å². The van der Waals surface area contributed by atoms with E-state index in [0.29, 0.717) is 6.54 Å². The number of ether oxygens (including phenoxy) is 1. The van der Waals surface area contributed by atoms with E-state index in [9.17, 15) is 4.79 Å². The van der Waals surface area contributed by atoms with Gasteiger partial charge in [-0.1, -0.05) is 19.6 Å². The Bertz CT molecular complexity index is 220. The number of hydrogen-bond donors (Lipinski definition) is 1. The van der Waals surface area contributed by atoms with Crippen molar-refractivity contribution in [1.82, 2.24) is 4.90 Å². The summed E-state index contributed by atoms with van der Waals surface area (Å²) in [6.07, 6.45) is 3.25. The maximum Gasteiger partial charge on any atom is 0.410 e. The van der Waals surface area contributed by atoms with Crippen LogP contribution < -0.4 is 0 Å². The summed E-state index contributed by atoms with van der Waals surface area (Å²) in [5.41, 5.74) is 0. The number of nitrogens with zero attached hydrogens (tertiary/aromatic N) is 1. The lowest BCUT2D eigenvalue weighted by Crippen LogP contribution is -2.35. The first kappa shape index (κ1) is 11.4. The fraction of sp³-hybridized carbons (Fsp3) is 0.700. The zero-order valence-electron chi connectivity index (χ0n) is 8.48. The standard InChI is InChI=1S/C10H17NO2S/c1-3-5-13-10(12)11-7-9(14)6-8(11)4-2/h3,8-9,14H,1,4-7H2,2H3. The van der Waals surface area contributed by atoms with Crippen LogP contribution in [-0.4, -0.2) is 35.4 Å². The lowest BCUT2D eigenvalue weighted by Gasteiger charge is -2.22. The van der Waals surface area contributed by atoms with Crippen LogP contribution in [0.15, 0.2) is 12.7 Å². The molecule has 0 aliphatic carbocycles. The summed E-state index contributed by atoms with van der Waals surface area (Å²) < 4.78 is 4.99. The van der Waals surface area contributed by atoms with Gasteiger partial charge in [-0.15, -0.1) is 0 Å². The second-order valence-electron chi connectivity index (χ2n) is 3.47. The van der Waals surface area contributed by atoms with Crippen molar-refractivity contribution in [2.75, 3.05) is 13.2 Å². The SMILES string of the molecule is C=CCOC(=O)N1CC(S)CC1CC. The molecule has 3 nitrogen and oxygen atoms in total. The molecule has 0 spiro atoms. The van der Waals surface area contributed by atoms with Gasteiger partial charge in [-0.05, 0) is 12.8 Å². The van der Waals surface area contributed by atoms with Gasteiger partial charge in [0.15, 0.2) is 0 Å². The Morgan fingerprint density at radius 2 is 2.50 bits per heavy atom. The van der Waals surface area contributed by atoms with Gasteiger partial charge >= 0.3 is 6.09 Å². The molecule has 1 rings (SSSR count). The average molecular weight is 215 g/mol. The third kappa shape index (κ3) is 2.67. The molecule has 0 saturated carbocycles. The highest BCUT2D eigenvalue weighted by molar-refractivity contribution is 7.81. The van der Waals surface area contributed by atoms with Crippen LogP contribution in [0.3, 0.4) is 0 Å². The quantitative estimate of drug-likeness (QED) is 0.577. The van der Waals surface area contributed by atoms with Crippen LogP contribution in [0.25, 0.3) is 0 Å². The largest absolute Gasteiger partial charge is 0.445 e. The van der Waals surface area contributed by atoms with Crippen molar-refractivity contribution in [3.8, 4) is 0 Å². The van der Waals surface area contributed by atoms with Gasteiger partial charge < -0.3 is 9.64 Å². The van der Waals surface area contributed by atoms with Gasteiger partial charge in [0.2, 0.25) is 0 Å². The van der Waals surface area contributed by atoms with E-state index in [1.807, 2.05) is 0 Å². The zero-order chi connectivity index (χ0) is 10.6. The molecule has 1 aliphatic rings. The fourth-order valence-electron chi connectivity index (χ4n) is 1.72. The Hall–Kier alpha value is -0.640. The molecule has 4 heteroatoms. The van der Waals surface area contributed by atoms with Gasteiger partial charge in [0.1, 0.15) is 6.61 Å². The molecule has 1 fully saturated rings. The minimum absolute atomic E-state index is 0.242. The molecule has 14 heavy (non-hydrogen) atoms. The zero-order valence-corrected chi connectivity index (χ0v) is 9.37. The summed E-state index contributed by atoms with van der Waals surface area (Å²) >= 11 is 4.38. The topological polar surface area (TPSA) is 29.5 Å². The number of amides is 1. The van der Waals surface area contributed by atoms with Crippen LogP contribution >= 0.6 is 12.6 Å². The van der Waals surface area contributed by atoms with E-state index in [1.54, 1.807) is 11.0 Å². The number of carbonyl (C=O) groups excluding carboxylic acids is 1. The molecule has 0 aromatic rings. The van der Waals surface area contributed by atoms with Crippen LogP contribution in [0.4, 0.5) is 4.79 Å². The maximum atomic E-state index is 11.5. The Balaban J connectivity index is 2.48. The molecule has 0 bridgehead atoms. The van der Waals surface area contributed by atoms with E-state index in [2.05, 4.69) is 26.1 Å². The smallest absolute Gasteiger partial charge is 0.410 e. The van der Waals surface area contributed by atoms with Gasteiger partial charge in [0, 0.05) is 17.8 Å². The Morgan fingerprint density at radius 1 is 1.79 bits per heavy atom. The first-order valence-corrected chi connectivity index (χ1v) is 5.43. The summed E-state index contributed by atoms with van der Waals surface area (Å²) in [7, 11) is 0. The van der Waals surface area contributed by atoms with Crippen molar-refractivity contribution in [3.63, 3.8) is 0 Å². The minimum atomic E-state index is -0.242. The molecule has 1 aliphatic heterocycles. The lowest BCUT2D eigenvalue weighted by atomic mass is 10.2. The highest BCUT2D eigenvalue weighted by Gasteiger charge is 2.33. The molecule has 1 amide bonds. The fourth-order valence-corrected chi connectivity index (χ4v) is 2.14. The summed E-state index contributed by atoms with van der Waals surface area (Å²) in [6.45, 7) is 6.55. The first-order valence-electron chi connectivity index (χ1n) is 4.91. The monoisotopic (exact) mass is 215 g/mol. The van der Waals surface area contributed by atoms with E-state index in [4.69, 9.17) is 4.74 Å². The maximum absolute atomic E-state index is 11.5. The Labute approximate surface area is 90.5 Å². The Kier molecular flexibility index (Phi) is 4.32. The molecular formula is C10H17NO2S. The van der Waals surface area contributed by atoms with Crippen molar-refractivity contribution in [2.45, 2.75) is 31.1 Å². The van der Waals surface area contributed by atoms with Gasteiger partial charge in [-0.25, -0.2) is 4.79 Å². The summed E-state index contributed by atoms with van der Waals surface area (Å²) in [5.74, 6) is 0. The molecule has 2 unspecified atom stereocenters. The third-order valence-corrected chi connectivity index (χ3v) is 2.80. The van der Waals surface area contributed by atoms with Crippen LogP contribution in [0.2, 0.25) is 0 Å². The van der Waals surface area contributed by atoms with Crippen molar-refractivity contribution in [2.24, 2.45) is 0 Å². The van der Waals surface area contributed by atoms with E-state index in [1.165, 1.54) is 0 Å². The van der Waals surface area contributed by atoms with Gasteiger partial charge in [0.25, 0.3) is 0 Å². The van der Waals surface area contributed by atoms with Crippen molar-refractivity contribution in [1.29, 1.82) is 0 Å². The molecule has 0 N–H and O–H groups in total. The van der Waals surface area contributed by atoms with Crippen LogP contribution in [0.1, 0.15) is 19.8 Å². The van der Waals surface area contributed by atoms with E-state index < -0.39 is 0 Å². The summed E-state index contributed by atoms with van der Waals surface area (Å²) in [6, 6.07) is 0.287. The molecule has 0 aromatic heterocycles. The van der Waals surface area contributed by atoms with Crippen molar-refractivity contribution < 1.29 is 9.53 Å². The van der Waals surface area contributed by atoms with Crippen LogP contribution in [0.5, 0.6) is 0 Å². The van der Waals surface area contributed by atoms with Crippen LogP contribution in [0, 0.1) is 0 Å². The normalized spacial score (nSPS) is 26.3. The molecular weight excluding hydrogens is 198 g/mol. The summed E-state index contributed by atoms with van der Waals surface area (Å²) in [4.78, 5) is 13.3. The number of hydrogen-bond acceptors (Lipinski definition) is 3. The van der Waals surface area contributed by atoms with Crippen molar-refractivity contribution >= 4 is 18.7 Å². The second-order valence-corrected chi connectivity index (χ2v) is 4.20. The molecule has 0 aromatic carbocycles. The first-order chi connectivity index (χ1) is 6.69. The minimum Gasteiger partial charge on any atom is -0.445 e. The molecule has 1 heterocycles. The molecule has 80 valence electrons. The number of carbonyl (C=O) groups is 1. The van der Waals surface area contributed by atoms with E-state index in [0.717, 1.165) is 12.8 Å². The molecule has 0 radical (unpaired) electrons. The highest BCUT2D eigenvalue weighted by atomic mass is 32.1. The number of rotatable bonds is 3. The predicted molar refractivity (Wildman–Crippen MR) is 59.7 cm³/mol.